The fourth-order valence-corrected chi connectivity index (χ4v) is 1.87. The molecule has 0 aliphatic heterocycles. The minimum atomic E-state index is -0.298. The summed E-state index contributed by atoms with van der Waals surface area (Å²) in [7, 11) is 0. The van der Waals surface area contributed by atoms with Crippen molar-refractivity contribution in [2.45, 2.75) is 33.2 Å². The van der Waals surface area contributed by atoms with Gasteiger partial charge < -0.3 is 10.1 Å². The van der Waals surface area contributed by atoms with Gasteiger partial charge in [0.2, 0.25) is 0 Å². The van der Waals surface area contributed by atoms with E-state index in [9.17, 15) is 4.79 Å². The molecule has 17 heavy (non-hydrogen) atoms. The van der Waals surface area contributed by atoms with Crippen LogP contribution in [-0.2, 0) is 9.53 Å². The molecular weight excluding hydrogens is 282 g/mol. The maximum atomic E-state index is 11.7. The molecule has 1 N–H and O–H groups in total. The highest BCUT2D eigenvalue weighted by Crippen LogP contribution is 2.24. The molecular formula is C13H18BrNO2. The second kappa shape index (κ2) is 6.64. The Hall–Kier alpha value is -1.03. The number of halogens is 1. The largest absolute Gasteiger partial charge is 0.464 e. The third kappa shape index (κ3) is 4.04. The Morgan fingerprint density at radius 3 is 2.76 bits per heavy atom. The van der Waals surface area contributed by atoms with Gasteiger partial charge in [0.15, 0.2) is 0 Å². The second-order valence-electron chi connectivity index (χ2n) is 3.84. The van der Waals surface area contributed by atoms with Crippen LogP contribution in [0.3, 0.4) is 0 Å². The van der Waals surface area contributed by atoms with E-state index in [0.717, 1.165) is 15.7 Å². The lowest BCUT2D eigenvalue weighted by molar-refractivity contribution is -0.144. The molecule has 0 spiro atoms. The van der Waals surface area contributed by atoms with Gasteiger partial charge in [-0.1, -0.05) is 13.0 Å². The maximum absolute atomic E-state index is 11.7. The van der Waals surface area contributed by atoms with Crippen LogP contribution in [0.5, 0.6) is 0 Å². The van der Waals surface area contributed by atoms with Crippen LogP contribution >= 0.6 is 15.9 Å². The summed E-state index contributed by atoms with van der Waals surface area (Å²) in [6.07, 6.45) is 0.694. The van der Waals surface area contributed by atoms with E-state index in [0.29, 0.717) is 13.0 Å². The molecule has 0 radical (unpaired) electrons. The van der Waals surface area contributed by atoms with E-state index in [2.05, 4.69) is 21.2 Å². The van der Waals surface area contributed by atoms with Crippen molar-refractivity contribution >= 4 is 27.6 Å². The summed E-state index contributed by atoms with van der Waals surface area (Å²) in [5.74, 6) is -0.205. The van der Waals surface area contributed by atoms with Crippen LogP contribution in [0, 0.1) is 6.92 Å². The summed E-state index contributed by atoms with van der Waals surface area (Å²) in [6.45, 7) is 6.19. The molecule has 1 aromatic rings. The fourth-order valence-electron chi connectivity index (χ4n) is 1.51. The van der Waals surface area contributed by atoms with Crippen LogP contribution in [-0.4, -0.2) is 18.6 Å². The number of anilines is 1. The van der Waals surface area contributed by atoms with Gasteiger partial charge in [-0.2, -0.15) is 0 Å². The highest BCUT2D eigenvalue weighted by molar-refractivity contribution is 9.10. The Kier molecular flexibility index (Phi) is 5.48. The summed E-state index contributed by atoms with van der Waals surface area (Å²) in [5, 5.41) is 3.20. The van der Waals surface area contributed by atoms with Crippen molar-refractivity contribution in [1.29, 1.82) is 0 Å². The van der Waals surface area contributed by atoms with E-state index in [-0.39, 0.29) is 12.0 Å². The summed E-state index contributed by atoms with van der Waals surface area (Å²) >= 11 is 3.46. The number of hydrogen-bond donors (Lipinski definition) is 1. The van der Waals surface area contributed by atoms with Crippen LogP contribution in [0.1, 0.15) is 25.8 Å². The van der Waals surface area contributed by atoms with Crippen molar-refractivity contribution in [2.24, 2.45) is 0 Å². The Morgan fingerprint density at radius 2 is 2.18 bits per heavy atom. The summed E-state index contributed by atoms with van der Waals surface area (Å²) in [4.78, 5) is 11.7. The van der Waals surface area contributed by atoms with Gasteiger partial charge in [-0.15, -0.1) is 0 Å². The van der Waals surface area contributed by atoms with Crippen LogP contribution in [0.4, 0.5) is 5.69 Å². The van der Waals surface area contributed by atoms with Crippen molar-refractivity contribution < 1.29 is 9.53 Å². The molecule has 0 heterocycles. The van der Waals surface area contributed by atoms with Crippen molar-refractivity contribution in [3.8, 4) is 0 Å². The SMILES string of the molecule is CCOC(=O)C(CC)Nc1cc(C)ccc1Br. The van der Waals surface area contributed by atoms with Crippen LogP contribution in [0.2, 0.25) is 0 Å². The first-order chi connectivity index (χ1) is 8.08. The monoisotopic (exact) mass is 299 g/mol. The first-order valence-electron chi connectivity index (χ1n) is 5.77. The molecule has 1 rings (SSSR count). The van der Waals surface area contributed by atoms with Gasteiger partial charge in [-0.05, 0) is 53.9 Å². The Labute approximate surface area is 111 Å². The number of carbonyl (C=O) groups is 1. The highest BCUT2D eigenvalue weighted by Gasteiger charge is 2.18. The quantitative estimate of drug-likeness (QED) is 0.846. The number of rotatable bonds is 5. The number of aryl methyl sites for hydroxylation is 1. The van der Waals surface area contributed by atoms with Gasteiger partial charge in [0.05, 0.1) is 6.61 Å². The molecule has 0 saturated carbocycles. The molecule has 3 nitrogen and oxygen atoms in total. The Bertz CT molecular complexity index is 393. The first-order valence-corrected chi connectivity index (χ1v) is 6.57. The van der Waals surface area contributed by atoms with E-state index >= 15 is 0 Å². The summed E-state index contributed by atoms with van der Waals surface area (Å²) in [5.41, 5.74) is 2.07. The first kappa shape index (κ1) is 14.0. The van der Waals surface area contributed by atoms with E-state index in [4.69, 9.17) is 4.74 Å². The van der Waals surface area contributed by atoms with Gasteiger partial charge in [0.1, 0.15) is 6.04 Å². The van der Waals surface area contributed by atoms with Crippen molar-refractivity contribution in [2.75, 3.05) is 11.9 Å². The number of nitrogens with one attached hydrogen (secondary N) is 1. The summed E-state index contributed by atoms with van der Waals surface area (Å²) < 4.78 is 5.97. The second-order valence-corrected chi connectivity index (χ2v) is 4.69. The zero-order chi connectivity index (χ0) is 12.8. The molecule has 0 bridgehead atoms. The predicted octanol–water partition coefficient (Wildman–Crippen LogP) is 3.51. The highest BCUT2D eigenvalue weighted by atomic mass is 79.9. The third-order valence-corrected chi connectivity index (χ3v) is 3.12. The molecule has 1 atom stereocenters. The van der Waals surface area contributed by atoms with Gasteiger partial charge >= 0.3 is 5.97 Å². The lowest BCUT2D eigenvalue weighted by atomic mass is 10.2. The van der Waals surface area contributed by atoms with Crippen LogP contribution in [0.25, 0.3) is 0 Å². The zero-order valence-corrected chi connectivity index (χ0v) is 12.0. The molecule has 4 heteroatoms. The summed E-state index contributed by atoms with van der Waals surface area (Å²) in [6, 6.07) is 5.69. The van der Waals surface area contributed by atoms with Crippen LogP contribution < -0.4 is 5.32 Å². The molecule has 0 fully saturated rings. The molecule has 94 valence electrons. The van der Waals surface area contributed by atoms with Gasteiger partial charge in [0, 0.05) is 10.2 Å². The zero-order valence-electron chi connectivity index (χ0n) is 10.4. The fraction of sp³-hybridized carbons (Fsp3) is 0.462. The molecule has 1 unspecified atom stereocenters. The van der Waals surface area contributed by atoms with Crippen LogP contribution in [0.15, 0.2) is 22.7 Å². The average Bonchev–Trinajstić information content (AvgIpc) is 2.30. The van der Waals surface area contributed by atoms with E-state index < -0.39 is 0 Å². The Balaban J connectivity index is 2.80. The lowest BCUT2D eigenvalue weighted by Crippen LogP contribution is -2.30. The average molecular weight is 300 g/mol. The molecule has 0 aromatic heterocycles. The number of ether oxygens (including phenoxy) is 1. The van der Waals surface area contributed by atoms with Gasteiger partial charge in [-0.3, -0.25) is 0 Å². The number of benzene rings is 1. The normalized spacial score (nSPS) is 12.0. The number of hydrogen-bond acceptors (Lipinski definition) is 3. The third-order valence-electron chi connectivity index (χ3n) is 2.43. The molecule has 0 aliphatic rings. The van der Waals surface area contributed by atoms with E-state index in [1.54, 1.807) is 0 Å². The predicted molar refractivity (Wildman–Crippen MR) is 73.2 cm³/mol. The minimum absolute atomic E-state index is 0.205. The smallest absolute Gasteiger partial charge is 0.328 e. The molecule has 0 aliphatic carbocycles. The van der Waals surface area contributed by atoms with E-state index in [1.807, 2.05) is 39.0 Å². The van der Waals surface area contributed by atoms with Gasteiger partial charge in [0.25, 0.3) is 0 Å². The van der Waals surface area contributed by atoms with Crippen molar-refractivity contribution in [3.63, 3.8) is 0 Å². The standard InChI is InChI=1S/C13H18BrNO2/c1-4-11(13(16)17-5-2)15-12-8-9(3)6-7-10(12)14/h6-8,11,15H,4-5H2,1-3H3. The lowest BCUT2D eigenvalue weighted by Gasteiger charge is -2.18. The minimum Gasteiger partial charge on any atom is -0.464 e. The van der Waals surface area contributed by atoms with Crippen molar-refractivity contribution in [1.82, 2.24) is 0 Å². The number of carbonyl (C=O) groups excluding carboxylic acids is 1. The topological polar surface area (TPSA) is 38.3 Å². The molecule has 1 aromatic carbocycles. The van der Waals surface area contributed by atoms with Gasteiger partial charge in [-0.25, -0.2) is 4.79 Å². The molecule has 0 amide bonds. The Morgan fingerprint density at radius 1 is 1.47 bits per heavy atom. The van der Waals surface area contributed by atoms with Crippen molar-refractivity contribution in [3.05, 3.63) is 28.2 Å². The molecule has 0 saturated heterocycles. The van der Waals surface area contributed by atoms with E-state index in [1.165, 1.54) is 0 Å². The maximum Gasteiger partial charge on any atom is 0.328 e. The number of esters is 1.